The summed E-state index contributed by atoms with van der Waals surface area (Å²) in [5.74, 6) is -2.53. The summed E-state index contributed by atoms with van der Waals surface area (Å²) in [6.07, 6.45) is -1.32. The Bertz CT molecular complexity index is 595. The Morgan fingerprint density at radius 1 is 0.867 bits per heavy atom. The zero-order valence-electron chi connectivity index (χ0n) is 18.3. The molecule has 172 valence electrons. The quantitative estimate of drug-likeness (QED) is 0.286. The first-order valence-corrected chi connectivity index (χ1v) is 10.1. The number of esters is 3. The van der Waals surface area contributed by atoms with Crippen LogP contribution in [-0.4, -0.2) is 74.6 Å². The first-order chi connectivity index (χ1) is 14.1. The molecule has 0 saturated heterocycles. The largest absolute Gasteiger partial charge is 0.465 e. The van der Waals surface area contributed by atoms with Crippen molar-refractivity contribution >= 4 is 23.8 Å². The van der Waals surface area contributed by atoms with Crippen LogP contribution in [0.3, 0.4) is 0 Å². The van der Waals surface area contributed by atoms with E-state index in [1.165, 1.54) is 27.7 Å². The molecule has 1 rings (SSSR count). The lowest BCUT2D eigenvalue weighted by molar-refractivity contribution is -0.194. The molecule has 5 atom stereocenters. The maximum Gasteiger partial charge on any atom is 0.303 e. The first kappa shape index (κ1) is 25.8. The number of rotatable bonds is 11. The van der Waals surface area contributed by atoms with Gasteiger partial charge in [0.15, 0.2) is 6.10 Å². The molecule has 0 unspecified atom stereocenters. The minimum Gasteiger partial charge on any atom is -0.465 e. The fourth-order valence-electron chi connectivity index (χ4n) is 3.42. The van der Waals surface area contributed by atoms with E-state index in [4.69, 9.17) is 23.7 Å². The molecule has 0 aliphatic heterocycles. The molecule has 30 heavy (non-hydrogen) atoms. The fourth-order valence-corrected chi connectivity index (χ4v) is 3.42. The van der Waals surface area contributed by atoms with Gasteiger partial charge in [-0.1, -0.05) is 6.92 Å². The summed E-state index contributed by atoms with van der Waals surface area (Å²) in [5, 5.41) is 2.75. The van der Waals surface area contributed by atoms with E-state index in [2.05, 4.69) is 5.32 Å². The van der Waals surface area contributed by atoms with Gasteiger partial charge in [-0.25, -0.2) is 0 Å². The Balaban J connectivity index is 3.13. The Kier molecular flexibility index (Phi) is 11.3. The normalized spacial score (nSPS) is 25.8. The van der Waals surface area contributed by atoms with Gasteiger partial charge in [0.1, 0.15) is 6.10 Å². The molecule has 1 aliphatic rings. The third kappa shape index (κ3) is 9.08. The molecule has 1 fully saturated rings. The van der Waals surface area contributed by atoms with E-state index in [0.717, 1.165) is 6.42 Å². The Labute approximate surface area is 176 Å². The predicted molar refractivity (Wildman–Crippen MR) is 104 cm³/mol. The summed E-state index contributed by atoms with van der Waals surface area (Å²) < 4.78 is 27.4. The van der Waals surface area contributed by atoms with Gasteiger partial charge in [0.05, 0.1) is 32.0 Å². The van der Waals surface area contributed by atoms with Crippen molar-refractivity contribution in [2.75, 3.05) is 26.4 Å². The smallest absolute Gasteiger partial charge is 0.303 e. The van der Waals surface area contributed by atoms with Gasteiger partial charge in [-0.2, -0.15) is 0 Å². The number of nitrogens with one attached hydrogen (secondary N) is 1. The summed E-state index contributed by atoms with van der Waals surface area (Å²) in [4.78, 5) is 46.6. The third-order valence-electron chi connectivity index (χ3n) is 4.46. The van der Waals surface area contributed by atoms with E-state index in [1.807, 2.05) is 6.92 Å². The molecule has 1 N–H and O–H groups in total. The summed E-state index contributed by atoms with van der Waals surface area (Å²) in [5.41, 5.74) is 0. The van der Waals surface area contributed by atoms with Crippen LogP contribution in [0.5, 0.6) is 0 Å². The fraction of sp³-hybridized carbons (Fsp3) is 0.800. The monoisotopic (exact) mass is 431 g/mol. The van der Waals surface area contributed by atoms with Crippen molar-refractivity contribution in [3.63, 3.8) is 0 Å². The number of amides is 1. The number of carbonyl (C=O) groups excluding carboxylic acids is 4. The van der Waals surface area contributed by atoms with E-state index in [9.17, 15) is 19.2 Å². The van der Waals surface area contributed by atoms with Crippen molar-refractivity contribution < 1.29 is 42.9 Å². The number of hydrogen-bond donors (Lipinski definition) is 1. The van der Waals surface area contributed by atoms with Gasteiger partial charge in [0.25, 0.3) is 0 Å². The average Bonchev–Trinajstić information content (AvgIpc) is 2.63. The van der Waals surface area contributed by atoms with Crippen LogP contribution in [0.15, 0.2) is 0 Å². The first-order valence-electron chi connectivity index (χ1n) is 10.1. The molecule has 1 amide bonds. The molecule has 0 aromatic rings. The minimum absolute atomic E-state index is 0.0516. The van der Waals surface area contributed by atoms with Crippen LogP contribution >= 0.6 is 0 Å². The lowest BCUT2D eigenvalue weighted by atomic mass is 9.79. The van der Waals surface area contributed by atoms with Gasteiger partial charge in [0.2, 0.25) is 5.91 Å². The van der Waals surface area contributed by atoms with E-state index in [1.54, 1.807) is 0 Å². The Morgan fingerprint density at radius 2 is 1.50 bits per heavy atom. The highest BCUT2D eigenvalue weighted by Crippen LogP contribution is 2.32. The molecule has 1 saturated carbocycles. The molecule has 0 bridgehead atoms. The van der Waals surface area contributed by atoms with Crippen LogP contribution < -0.4 is 5.32 Å². The summed E-state index contributed by atoms with van der Waals surface area (Å²) in [6, 6.07) is -0.754. The number of ether oxygens (including phenoxy) is 5. The minimum atomic E-state index is -1.01. The standard InChI is InChI=1S/C20H33NO9/c1-6-7-26-8-9-27-17-10-16(11-28-13(3)23)19(29-14(4)24)20(30-15(5)25)18(17)21-12(2)22/h16-20H,6-11H2,1-5H3,(H,21,22)/t16-,17-,18+,19+,20-/m1/s1. The number of carbonyl (C=O) groups is 4. The molecular weight excluding hydrogens is 398 g/mol. The van der Waals surface area contributed by atoms with Gasteiger partial charge in [-0.15, -0.1) is 0 Å². The molecule has 10 nitrogen and oxygen atoms in total. The van der Waals surface area contributed by atoms with E-state index in [-0.39, 0.29) is 19.1 Å². The van der Waals surface area contributed by atoms with Crippen molar-refractivity contribution in [1.29, 1.82) is 0 Å². The molecule has 1 aliphatic carbocycles. The second kappa shape index (κ2) is 13.2. The summed E-state index contributed by atoms with van der Waals surface area (Å²) in [7, 11) is 0. The Morgan fingerprint density at radius 3 is 2.03 bits per heavy atom. The predicted octanol–water partition coefficient (Wildman–Crippen LogP) is 0.749. The molecule has 10 heteroatoms. The topological polar surface area (TPSA) is 126 Å². The van der Waals surface area contributed by atoms with Crippen LogP contribution in [0.25, 0.3) is 0 Å². The summed E-state index contributed by atoms with van der Waals surface area (Å²) in [6.45, 7) is 8.21. The SMILES string of the molecule is CCCOCCO[C@@H]1C[C@H](COC(C)=O)[C@H](OC(C)=O)[C@H](OC(C)=O)[C@H]1NC(C)=O. The van der Waals surface area contributed by atoms with Crippen molar-refractivity contribution in [3.8, 4) is 0 Å². The number of hydrogen-bond acceptors (Lipinski definition) is 9. The van der Waals surface area contributed by atoms with Crippen LogP contribution in [0.2, 0.25) is 0 Å². The summed E-state index contributed by atoms with van der Waals surface area (Å²) >= 11 is 0. The highest BCUT2D eigenvalue weighted by Gasteiger charge is 2.50. The van der Waals surface area contributed by atoms with E-state index < -0.39 is 48.2 Å². The van der Waals surface area contributed by atoms with E-state index >= 15 is 0 Å². The second-order valence-electron chi connectivity index (χ2n) is 7.19. The molecule has 0 aromatic carbocycles. The zero-order valence-corrected chi connectivity index (χ0v) is 18.3. The van der Waals surface area contributed by atoms with Gasteiger partial charge in [0, 0.05) is 40.2 Å². The van der Waals surface area contributed by atoms with Gasteiger partial charge in [-0.3, -0.25) is 19.2 Å². The lowest BCUT2D eigenvalue weighted by Gasteiger charge is -2.45. The zero-order chi connectivity index (χ0) is 22.7. The van der Waals surface area contributed by atoms with Gasteiger partial charge >= 0.3 is 17.9 Å². The molecular formula is C20H33NO9. The van der Waals surface area contributed by atoms with Crippen molar-refractivity contribution in [2.45, 2.75) is 71.8 Å². The Hall–Kier alpha value is -2.20. The van der Waals surface area contributed by atoms with Crippen molar-refractivity contribution in [3.05, 3.63) is 0 Å². The van der Waals surface area contributed by atoms with Crippen molar-refractivity contribution in [2.24, 2.45) is 5.92 Å². The molecule has 0 aromatic heterocycles. The van der Waals surface area contributed by atoms with Gasteiger partial charge in [-0.05, 0) is 12.8 Å². The maximum atomic E-state index is 11.8. The van der Waals surface area contributed by atoms with Crippen molar-refractivity contribution in [1.82, 2.24) is 5.32 Å². The molecule has 0 spiro atoms. The van der Waals surface area contributed by atoms with Crippen LogP contribution in [-0.2, 0) is 42.9 Å². The van der Waals surface area contributed by atoms with Crippen LogP contribution in [0, 0.1) is 5.92 Å². The third-order valence-corrected chi connectivity index (χ3v) is 4.46. The molecule has 0 heterocycles. The van der Waals surface area contributed by atoms with Crippen LogP contribution in [0.4, 0.5) is 0 Å². The second-order valence-corrected chi connectivity index (χ2v) is 7.19. The molecule has 0 radical (unpaired) electrons. The average molecular weight is 431 g/mol. The highest BCUT2D eigenvalue weighted by molar-refractivity contribution is 5.73. The van der Waals surface area contributed by atoms with E-state index in [0.29, 0.717) is 19.6 Å². The lowest BCUT2D eigenvalue weighted by Crippen LogP contribution is -2.63. The highest BCUT2D eigenvalue weighted by atomic mass is 16.6. The maximum absolute atomic E-state index is 11.8. The van der Waals surface area contributed by atoms with Crippen LogP contribution in [0.1, 0.15) is 47.5 Å². The van der Waals surface area contributed by atoms with Gasteiger partial charge < -0.3 is 29.0 Å².